The molecule has 8 nitrogen and oxygen atoms in total. The van der Waals surface area contributed by atoms with Gasteiger partial charge in [0.15, 0.2) is 0 Å². The van der Waals surface area contributed by atoms with Gasteiger partial charge in [0.25, 0.3) is 5.91 Å². The van der Waals surface area contributed by atoms with Crippen LogP contribution in [0.1, 0.15) is 35.2 Å². The van der Waals surface area contributed by atoms with Crippen molar-refractivity contribution in [3.05, 3.63) is 42.0 Å². The average molecular weight is 358 g/mol. The Morgan fingerprint density at radius 2 is 2.12 bits per heavy atom. The van der Waals surface area contributed by atoms with Crippen LogP contribution in [-0.2, 0) is 9.53 Å². The third-order valence-electron chi connectivity index (χ3n) is 4.58. The fraction of sp³-hybridized carbons (Fsp3) is 0.444. The highest BCUT2D eigenvalue weighted by Gasteiger charge is 2.27. The number of ether oxygens (including phenoxy) is 1. The molecule has 138 valence electrons. The Morgan fingerprint density at radius 3 is 2.73 bits per heavy atom. The number of nitrogens with zero attached hydrogens (tertiary/aromatic N) is 4. The van der Waals surface area contributed by atoms with E-state index in [1.807, 2.05) is 19.1 Å². The minimum absolute atomic E-state index is 0.00462. The van der Waals surface area contributed by atoms with Crippen LogP contribution >= 0.6 is 0 Å². The Labute approximate surface area is 151 Å². The number of hydrogen-bond donors (Lipinski definition) is 1. The van der Waals surface area contributed by atoms with Gasteiger partial charge in [-0.25, -0.2) is 9.67 Å². The summed E-state index contributed by atoms with van der Waals surface area (Å²) < 4.78 is 7.00. The average Bonchev–Trinajstić information content (AvgIpc) is 3.17. The standard InChI is InChI=1S/C18H22N4O4/c1-13-10-15(22-12-19-11-20-22)2-3-16(13)18(25)21(7-4-17(23)24)14-5-8-26-9-6-14/h2-3,10-12,14H,4-9H2,1H3,(H,23,24). The molecule has 1 amide bonds. The molecule has 0 aliphatic carbocycles. The quantitative estimate of drug-likeness (QED) is 0.844. The summed E-state index contributed by atoms with van der Waals surface area (Å²) in [6.45, 7) is 3.24. The van der Waals surface area contributed by atoms with Crippen molar-refractivity contribution in [1.82, 2.24) is 19.7 Å². The van der Waals surface area contributed by atoms with Crippen LogP contribution in [0.5, 0.6) is 0 Å². The molecular formula is C18H22N4O4. The maximum atomic E-state index is 13.1. The highest BCUT2D eigenvalue weighted by molar-refractivity contribution is 5.96. The zero-order valence-electron chi connectivity index (χ0n) is 14.7. The predicted octanol–water partition coefficient (Wildman–Crippen LogP) is 1.67. The van der Waals surface area contributed by atoms with Gasteiger partial charge in [0.05, 0.1) is 12.1 Å². The minimum atomic E-state index is -0.909. The molecular weight excluding hydrogens is 336 g/mol. The minimum Gasteiger partial charge on any atom is -0.481 e. The van der Waals surface area contributed by atoms with E-state index >= 15 is 0 Å². The number of carboxylic acids is 1. The van der Waals surface area contributed by atoms with Gasteiger partial charge in [-0.1, -0.05) is 0 Å². The van der Waals surface area contributed by atoms with E-state index in [2.05, 4.69) is 10.1 Å². The first-order valence-corrected chi connectivity index (χ1v) is 8.62. The largest absolute Gasteiger partial charge is 0.481 e. The predicted molar refractivity (Wildman–Crippen MR) is 93.2 cm³/mol. The zero-order valence-corrected chi connectivity index (χ0v) is 14.7. The molecule has 1 fully saturated rings. The van der Waals surface area contributed by atoms with E-state index in [1.165, 1.54) is 6.33 Å². The molecule has 26 heavy (non-hydrogen) atoms. The molecule has 1 N–H and O–H groups in total. The first kappa shape index (κ1) is 18.1. The van der Waals surface area contributed by atoms with Crippen molar-refractivity contribution in [2.75, 3.05) is 19.8 Å². The third-order valence-corrected chi connectivity index (χ3v) is 4.58. The van der Waals surface area contributed by atoms with Gasteiger partial charge in [-0.2, -0.15) is 5.10 Å². The van der Waals surface area contributed by atoms with E-state index in [0.29, 0.717) is 18.8 Å². The lowest BCUT2D eigenvalue weighted by Gasteiger charge is -2.34. The van der Waals surface area contributed by atoms with Gasteiger partial charge in [0.2, 0.25) is 0 Å². The van der Waals surface area contributed by atoms with Crippen molar-refractivity contribution in [3.8, 4) is 5.69 Å². The van der Waals surface area contributed by atoms with E-state index in [0.717, 1.165) is 24.1 Å². The highest BCUT2D eigenvalue weighted by atomic mass is 16.5. The topological polar surface area (TPSA) is 97.6 Å². The number of carboxylic acid groups (broad SMARTS) is 1. The Bertz CT molecular complexity index is 770. The van der Waals surface area contributed by atoms with Gasteiger partial charge in [0, 0.05) is 31.4 Å². The number of carbonyl (C=O) groups excluding carboxylic acids is 1. The molecule has 0 spiro atoms. The maximum Gasteiger partial charge on any atom is 0.305 e. The molecule has 8 heteroatoms. The van der Waals surface area contributed by atoms with E-state index in [9.17, 15) is 9.59 Å². The lowest BCUT2D eigenvalue weighted by atomic mass is 10.0. The Balaban J connectivity index is 1.84. The molecule has 1 aliphatic rings. The number of rotatable bonds is 6. The van der Waals surface area contributed by atoms with Gasteiger partial charge >= 0.3 is 5.97 Å². The number of aliphatic carboxylic acids is 1. The third kappa shape index (κ3) is 4.08. The lowest BCUT2D eigenvalue weighted by molar-refractivity contribution is -0.137. The monoisotopic (exact) mass is 358 g/mol. The van der Waals surface area contributed by atoms with Crippen molar-refractivity contribution in [1.29, 1.82) is 0 Å². The summed E-state index contributed by atoms with van der Waals surface area (Å²) in [5.74, 6) is -1.05. The molecule has 1 aromatic heterocycles. The van der Waals surface area contributed by atoms with Gasteiger partial charge in [-0.3, -0.25) is 9.59 Å². The van der Waals surface area contributed by atoms with Crippen LogP contribution in [-0.4, -0.2) is 62.4 Å². The van der Waals surface area contributed by atoms with E-state index in [-0.39, 0.29) is 24.9 Å². The highest BCUT2D eigenvalue weighted by Crippen LogP contribution is 2.21. The first-order chi connectivity index (χ1) is 12.6. The second-order valence-electron chi connectivity index (χ2n) is 6.33. The number of hydrogen-bond acceptors (Lipinski definition) is 5. The van der Waals surface area contributed by atoms with Crippen molar-refractivity contribution < 1.29 is 19.4 Å². The van der Waals surface area contributed by atoms with Crippen LogP contribution in [0, 0.1) is 6.92 Å². The van der Waals surface area contributed by atoms with Crippen LogP contribution in [0.25, 0.3) is 5.69 Å². The molecule has 0 unspecified atom stereocenters. The normalized spacial score (nSPS) is 15.0. The van der Waals surface area contributed by atoms with E-state index < -0.39 is 5.97 Å². The van der Waals surface area contributed by atoms with Gasteiger partial charge in [-0.15, -0.1) is 0 Å². The summed E-state index contributed by atoms with van der Waals surface area (Å²) in [7, 11) is 0. The van der Waals surface area contributed by atoms with E-state index in [1.54, 1.807) is 22.0 Å². The number of aryl methyl sites for hydroxylation is 1. The molecule has 0 radical (unpaired) electrons. The first-order valence-electron chi connectivity index (χ1n) is 8.62. The van der Waals surface area contributed by atoms with Crippen molar-refractivity contribution in [2.24, 2.45) is 0 Å². The second kappa shape index (κ2) is 8.09. The fourth-order valence-corrected chi connectivity index (χ4v) is 3.19. The molecule has 2 aromatic rings. The Hall–Kier alpha value is -2.74. The van der Waals surface area contributed by atoms with Crippen molar-refractivity contribution in [3.63, 3.8) is 0 Å². The molecule has 2 heterocycles. The SMILES string of the molecule is Cc1cc(-n2cncn2)ccc1C(=O)N(CCC(=O)O)C1CCOCC1. The number of benzene rings is 1. The van der Waals surface area contributed by atoms with Gasteiger partial charge in [-0.05, 0) is 43.5 Å². The summed E-state index contributed by atoms with van der Waals surface area (Å²) in [5.41, 5.74) is 2.21. The molecule has 0 atom stereocenters. The van der Waals surface area contributed by atoms with Crippen LogP contribution in [0.2, 0.25) is 0 Å². The molecule has 1 aromatic carbocycles. The maximum absolute atomic E-state index is 13.1. The van der Waals surface area contributed by atoms with Crippen molar-refractivity contribution in [2.45, 2.75) is 32.2 Å². The lowest BCUT2D eigenvalue weighted by Crippen LogP contribution is -2.44. The van der Waals surface area contributed by atoms with Crippen LogP contribution < -0.4 is 0 Å². The zero-order chi connectivity index (χ0) is 18.5. The van der Waals surface area contributed by atoms with Crippen molar-refractivity contribution >= 4 is 11.9 Å². The van der Waals surface area contributed by atoms with E-state index in [4.69, 9.17) is 9.84 Å². The summed E-state index contributed by atoms with van der Waals surface area (Å²) in [6.07, 6.45) is 4.42. The Morgan fingerprint density at radius 1 is 1.35 bits per heavy atom. The Kier molecular flexibility index (Phi) is 5.62. The number of carbonyl (C=O) groups is 2. The van der Waals surface area contributed by atoms with Crippen LogP contribution in [0.4, 0.5) is 0 Å². The smallest absolute Gasteiger partial charge is 0.305 e. The number of amides is 1. The van der Waals surface area contributed by atoms with Crippen LogP contribution in [0.15, 0.2) is 30.9 Å². The fourth-order valence-electron chi connectivity index (χ4n) is 3.19. The van der Waals surface area contributed by atoms with Gasteiger partial charge in [0.1, 0.15) is 12.7 Å². The molecule has 0 saturated carbocycles. The van der Waals surface area contributed by atoms with Gasteiger partial charge < -0.3 is 14.7 Å². The number of aromatic nitrogens is 3. The molecule has 0 bridgehead atoms. The second-order valence-corrected chi connectivity index (χ2v) is 6.33. The summed E-state index contributed by atoms with van der Waals surface area (Å²) in [5, 5.41) is 13.1. The molecule has 1 saturated heterocycles. The molecule has 3 rings (SSSR count). The summed E-state index contributed by atoms with van der Waals surface area (Å²) in [4.78, 5) is 29.8. The summed E-state index contributed by atoms with van der Waals surface area (Å²) >= 11 is 0. The van der Waals surface area contributed by atoms with Crippen LogP contribution in [0.3, 0.4) is 0 Å². The molecule has 1 aliphatic heterocycles. The summed E-state index contributed by atoms with van der Waals surface area (Å²) in [6, 6.07) is 5.46.